The molecule has 0 atom stereocenters. The van der Waals surface area contributed by atoms with Crippen molar-refractivity contribution in [3.63, 3.8) is 0 Å². The molecule has 0 radical (unpaired) electrons. The highest BCUT2D eigenvalue weighted by atomic mass is 19.4. The number of hydrogen-bond acceptors (Lipinski definition) is 2. The highest BCUT2D eigenvalue weighted by Crippen LogP contribution is 2.16. The third kappa shape index (κ3) is 3.56. The Balaban J connectivity index is 2.43. The predicted octanol–water partition coefficient (Wildman–Crippen LogP) is 2.64. The monoisotopic (exact) mass is 232 g/mol. The topological polar surface area (TPSA) is 26.3 Å². The van der Waals surface area contributed by atoms with Gasteiger partial charge in [-0.15, -0.1) is 0 Å². The van der Waals surface area contributed by atoms with Crippen molar-refractivity contribution in [2.24, 2.45) is 0 Å². The van der Waals surface area contributed by atoms with E-state index >= 15 is 0 Å². The van der Waals surface area contributed by atoms with E-state index in [1.165, 1.54) is 0 Å². The molecule has 0 aliphatic carbocycles. The first-order valence-corrected chi connectivity index (χ1v) is 4.69. The molecule has 0 amide bonds. The average Bonchev–Trinajstić information content (AvgIpc) is 2.19. The molecule has 1 aromatic carbocycles. The van der Waals surface area contributed by atoms with Crippen LogP contribution in [0.5, 0.6) is 0 Å². The van der Waals surface area contributed by atoms with Crippen molar-refractivity contribution >= 4 is 5.97 Å². The van der Waals surface area contributed by atoms with Gasteiger partial charge in [0.1, 0.15) is 0 Å². The zero-order valence-electron chi connectivity index (χ0n) is 8.67. The fraction of sp³-hybridized carbons (Fsp3) is 0.364. The Morgan fingerprint density at radius 2 is 1.94 bits per heavy atom. The van der Waals surface area contributed by atoms with Gasteiger partial charge in [-0.2, -0.15) is 13.2 Å². The number of ether oxygens (including phenoxy) is 1. The van der Waals surface area contributed by atoms with Crippen LogP contribution in [0.1, 0.15) is 11.1 Å². The summed E-state index contributed by atoms with van der Waals surface area (Å²) >= 11 is 0. The minimum atomic E-state index is -4.91. The third-order valence-corrected chi connectivity index (χ3v) is 2.10. The zero-order chi connectivity index (χ0) is 12.2. The van der Waals surface area contributed by atoms with Crippen LogP contribution < -0.4 is 0 Å². The van der Waals surface area contributed by atoms with Gasteiger partial charge in [-0.25, -0.2) is 4.79 Å². The van der Waals surface area contributed by atoms with Crippen molar-refractivity contribution in [2.75, 3.05) is 6.61 Å². The molecule has 0 unspecified atom stereocenters. The van der Waals surface area contributed by atoms with E-state index in [-0.39, 0.29) is 13.0 Å². The number of esters is 1. The summed E-state index contributed by atoms with van der Waals surface area (Å²) in [5, 5.41) is 0. The first-order valence-electron chi connectivity index (χ1n) is 4.69. The summed E-state index contributed by atoms with van der Waals surface area (Å²) in [5.74, 6) is -2.14. The summed E-state index contributed by atoms with van der Waals surface area (Å²) < 4.78 is 39.4. The van der Waals surface area contributed by atoms with Gasteiger partial charge in [-0.05, 0) is 18.1 Å². The number of aryl methyl sites for hydroxylation is 1. The predicted molar refractivity (Wildman–Crippen MR) is 51.9 cm³/mol. The van der Waals surface area contributed by atoms with Gasteiger partial charge in [0.2, 0.25) is 0 Å². The minimum Gasteiger partial charge on any atom is -0.459 e. The highest BCUT2D eigenvalue weighted by molar-refractivity contribution is 5.75. The van der Waals surface area contributed by atoms with E-state index in [1.807, 2.05) is 19.1 Å². The van der Waals surface area contributed by atoms with Crippen molar-refractivity contribution in [2.45, 2.75) is 19.5 Å². The van der Waals surface area contributed by atoms with Crippen LogP contribution in [-0.4, -0.2) is 18.8 Å². The Hall–Kier alpha value is -1.52. The number of hydrogen-bond donors (Lipinski definition) is 0. The Kier molecular flexibility index (Phi) is 3.93. The summed E-state index contributed by atoms with van der Waals surface area (Å²) in [6, 6.07) is 7.26. The van der Waals surface area contributed by atoms with Crippen LogP contribution in [0.2, 0.25) is 0 Å². The summed E-state index contributed by atoms with van der Waals surface area (Å²) in [5.41, 5.74) is 1.84. The molecule has 0 aliphatic heterocycles. The highest BCUT2D eigenvalue weighted by Gasteiger charge is 2.40. The molecule has 0 N–H and O–H groups in total. The molecule has 0 spiro atoms. The van der Waals surface area contributed by atoms with Crippen molar-refractivity contribution in [3.8, 4) is 0 Å². The lowest BCUT2D eigenvalue weighted by Gasteiger charge is -2.08. The lowest BCUT2D eigenvalue weighted by molar-refractivity contribution is -0.199. The summed E-state index contributed by atoms with van der Waals surface area (Å²) in [7, 11) is 0. The molecular weight excluding hydrogens is 221 g/mol. The molecule has 0 aliphatic rings. The van der Waals surface area contributed by atoms with Crippen LogP contribution in [0.25, 0.3) is 0 Å². The van der Waals surface area contributed by atoms with E-state index in [0.29, 0.717) is 0 Å². The van der Waals surface area contributed by atoms with Crippen molar-refractivity contribution in [3.05, 3.63) is 35.4 Å². The number of benzene rings is 1. The molecule has 16 heavy (non-hydrogen) atoms. The van der Waals surface area contributed by atoms with Crippen LogP contribution in [0, 0.1) is 6.92 Å². The maximum Gasteiger partial charge on any atom is 0.490 e. The van der Waals surface area contributed by atoms with E-state index in [2.05, 4.69) is 4.74 Å². The fourth-order valence-corrected chi connectivity index (χ4v) is 1.23. The van der Waals surface area contributed by atoms with E-state index in [9.17, 15) is 18.0 Å². The average molecular weight is 232 g/mol. The lowest BCUT2D eigenvalue weighted by Crippen LogP contribution is -2.26. The molecule has 1 rings (SSSR count). The molecule has 0 aromatic heterocycles. The normalized spacial score (nSPS) is 11.2. The smallest absolute Gasteiger partial charge is 0.459 e. The second-order valence-electron chi connectivity index (χ2n) is 3.31. The van der Waals surface area contributed by atoms with E-state index < -0.39 is 12.1 Å². The van der Waals surface area contributed by atoms with Crippen molar-refractivity contribution in [1.82, 2.24) is 0 Å². The molecule has 0 fully saturated rings. The first kappa shape index (κ1) is 12.5. The molecule has 0 saturated heterocycles. The third-order valence-electron chi connectivity index (χ3n) is 2.10. The van der Waals surface area contributed by atoms with Gasteiger partial charge < -0.3 is 4.74 Å². The van der Waals surface area contributed by atoms with Gasteiger partial charge in [0.05, 0.1) is 6.61 Å². The zero-order valence-corrected chi connectivity index (χ0v) is 8.67. The molecule has 0 heterocycles. The molecule has 0 saturated carbocycles. The summed E-state index contributed by atoms with van der Waals surface area (Å²) in [6.45, 7) is 1.59. The van der Waals surface area contributed by atoms with Crippen molar-refractivity contribution in [1.29, 1.82) is 0 Å². The fourth-order valence-electron chi connectivity index (χ4n) is 1.23. The molecule has 0 bridgehead atoms. The largest absolute Gasteiger partial charge is 0.490 e. The van der Waals surface area contributed by atoms with Gasteiger partial charge in [0, 0.05) is 6.42 Å². The van der Waals surface area contributed by atoms with Crippen LogP contribution in [0.3, 0.4) is 0 Å². The Morgan fingerprint density at radius 3 is 2.50 bits per heavy atom. The lowest BCUT2D eigenvalue weighted by atomic mass is 10.1. The Morgan fingerprint density at radius 1 is 1.31 bits per heavy atom. The van der Waals surface area contributed by atoms with E-state index in [4.69, 9.17) is 0 Å². The maximum atomic E-state index is 11.8. The molecular formula is C11H11F3O2. The van der Waals surface area contributed by atoms with Gasteiger partial charge in [0.15, 0.2) is 0 Å². The number of rotatable bonds is 3. The number of carbonyl (C=O) groups is 1. The number of alkyl halides is 3. The summed E-state index contributed by atoms with van der Waals surface area (Å²) in [4.78, 5) is 10.4. The van der Waals surface area contributed by atoms with Crippen molar-refractivity contribution < 1.29 is 22.7 Å². The SMILES string of the molecule is Cc1ccccc1CCOC(=O)C(F)(F)F. The maximum absolute atomic E-state index is 11.8. The van der Waals surface area contributed by atoms with E-state index in [1.54, 1.807) is 12.1 Å². The van der Waals surface area contributed by atoms with E-state index in [0.717, 1.165) is 11.1 Å². The standard InChI is InChI=1S/C11H11F3O2/c1-8-4-2-3-5-9(8)6-7-16-10(15)11(12,13)14/h2-5H,6-7H2,1H3. The van der Waals surface area contributed by atoms with Gasteiger partial charge in [-0.3, -0.25) is 0 Å². The quantitative estimate of drug-likeness (QED) is 0.749. The summed E-state index contributed by atoms with van der Waals surface area (Å²) in [6.07, 6.45) is -4.62. The van der Waals surface area contributed by atoms with Crippen LogP contribution >= 0.6 is 0 Å². The molecule has 1 aromatic rings. The van der Waals surface area contributed by atoms with Gasteiger partial charge in [0.25, 0.3) is 0 Å². The van der Waals surface area contributed by atoms with Gasteiger partial charge >= 0.3 is 12.1 Å². The van der Waals surface area contributed by atoms with Crippen LogP contribution in [0.15, 0.2) is 24.3 Å². The van der Waals surface area contributed by atoms with Gasteiger partial charge in [-0.1, -0.05) is 24.3 Å². The molecule has 88 valence electrons. The number of halogens is 3. The minimum absolute atomic E-state index is 0.261. The molecule has 5 heteroatoms. The second kappa shape index (κ2) is 5.01. The number of carbonyl (C=O) groups excluding carboxylic acids is 1. The van der Waals surface area contributed by atoms with Crippen LogP contribution in [-0.2, 0) is 16.0 Å². The Bertz CT molecular complexity index is 372. The Labute approximate surface area is 91.0 Å². The first-order chi connectivity index (χ1) is 7.41. The molecule has 2 nitrogen and oxygen atoms in total. The van der Waals surface area contributed by atoms with Crippen LogP contribution in [0.4, 0.5) is 13.2 Å². The second-order valence-corrected chi connectivity index (χ2v) is 3.31.